The van der Waals surface area contributed by atoms with Gasteiger partial charge in [0.25, 0.3) is 11.7 Å². The molecular formula is C32H35NO6. The molecule has 3 aromatic carbocycles. The molecule has 1 heterocycles. The van der Waals surface area contributed by atoms with Crippen molar-refractivity contribution in [1.82, 2.24) is 4.90 Å². The van der Waals surface area contributed by atoms with Crippen LogP contribution in [0.4, 0.5) is 0 Å². The van der Waals surface area contributed by atoms with E-state index in [1.165, 1.54) is 14.2 Å². The molecule has 1 unspecified atom stereocenters. The third-order valence-electron chi connectivity index (χ3n) is 7.09. The number of hydrogen-bond donors (Lipinski definition) is 1. The van der Waals surface area contributed by atoms with Crippen LogP contribution < -0.4 is 14.2 Å². The normalized spacial score (nSPS) is 16.9. The maximum Gasteiger partial charge on any atom is 0.295 e. The third kappa shape index (κ3) is 5.62. The molecule has 0 bridgehead atoms. The zero-order valence-electron chi connectivity index (χ0n) is 23.3. The molecule has 1 fully saturated rings. The molecular weight excluding hydrogens is 494 g/mol. The van der Waals surface area contributed by atoms with Crippen molar-refractivity contribution in [2.75, 3.05) is 27.9 Å². The van der Waals surface area contributed by atoms with E-state index in [4.69, 9.17) is 14.2 Å². The molecule has 0 spiro atoms. The summed E-state index contributed by atoms with van der Waals surface area (Å²) in [5.74, 6) is 0.0150. The van der Waals surface area contributed by atoms with E-state index in [2.05, 4.69) is 20.8 Å². The Bertz CT molecular complexity index is 1380. The van der Waals surface area contributed by atoms with Gasteiger partial charge in [-0.3, -0.25) is 9.59 Å². The van der Waals surface area contributed by atoms with Crippen molar-refractivity contribution in [3.8, 4) is 17.2 Å². The highest BCUT2D eigenvalue weighted by Gasteiger charge is 2.46. The molecule has 1 saturated heterocycles. The molecule has 1 aliphatic heterocycles. The van der Waals surface area contributed by atoms with E-state index < -0.39 is 17.7 Å². The zero-order valence-corrected chi connectivity index (χ0v) is 23.3. The first-order valence-electron chi connectivity index (χ1n) is 12.8. The highest BCUT2D eigenvalue weighted by Crippen LogP contribution is 2.41. The number of benzene rings is 3. The first-order valence-corrected chi connectivity index (χ1v) is 12.8. The van der Waals surface area contributed by atoms with Gasteiger partial charge in [0.15, 0.2) is 11.5 Å². The number of carbonyl (C=O) groups is 2. The second-order valence-corrected chi connectivity index (χ2v) is 10.5. The topological polar surface area (TPSA) is 85.3 Å². The van der Waals surface area contributed by atoms with Crippen LogP contribution in [0.25, 0.3) is 5.76 Å². The largest absolute Gasteiger partial charge is 0.507 e. The lowest BCUT2D eigenvalue weighted by molar-refractivity contribution is -0.139. The molecule has 1 aliphatic rings. The molecule has 0 aliphatic carbocycles. The predicted octanol–water partition coefficient (Wildman–Crippen LogP) is 5.67. The van der Waals surface area contributed by atoms with Gasteiger partial charge in [0.05, 0.1) is 32.9 Å². The third-order valence-corrected chi connectivity index (χ3v) is 7.09. The quantitative estimate of drug-likeness (QED) is 0.230. The van der Waals surface area contributed by atoms with E-state index in [0.717, 1.165) is 22.4 Å². The molecule has 1 atom stereocenters. The van der Waals surface area contributed by atoms with E-state index in [-0.39, 0.29) is 16.7 Å². The Labute approximate surface area is 229 Å². The average Bonchev–Trinajstić information content (AvgIpc) is 3.20. The first kappa shape index (κ1) is 27.8. The number of Topliss-reactive ketones (excluding diaryl/α,β-unsaturated/α-hetero) is 1. The number of aliphatic hydroxyl groups excluding tert-OH is 1. The summed E-state index contributed by atoms with van der Waals surface area (Å²) in [6.45, 7) is 6.67. The number of nitrogens with zero attached hydrogens (tertiary/aromatic N) is 1. The predicted molar refractivity (Wildman–Crippen MR) is 150 cm³/mol. The molecule has 3 aromatic rings. The second-order valence-electron chi connectivity index (χ2n) is 10.5. The van der Waals surface area contributed by atoms with Crippen LogP contribution in [-0.4, -0.2) is 49.6 Å². The Morgan fingerprint density at radius 2 is 1.49 bits per heavy atom. The Kier molecular flexibility index (Phi) is 8.00. The fourth-order valence-corrected chi connectivity index (χ4v) is 4.80. The molecule has 7 nitrogen and oxygen atoms in total. The van der Waals surface area contributed by atoms with Gasteiger partial charge < -0.3 is 24.2 Å². The van der Waals surface area contributed by atoms with Gasteiger partial charge in [-0.05, 0) is 58.9 Å². The monoisotopic (exact) mass is 529 g/mol. The highest BCUT2D eigenvalue weighted by molar-refractivity contribution is 6.46. The van der Waals surface area contributed by atoms with Gasteiger partial charge in [-0.25, -0.2) is 0 Å². The van der Waals surface area contributed by atoms with E-state index in [1.807, 2.05) is 48.5 Å². The number of amides is 1. The summed E-state index contributed by atoms with van der Waals surface area (Å²) in [4.78, 5) is 28.4. The van der Waals surface area contributed by atoms with Crippen LogP contribution in [0.1, 0.15) is 49.1 Å². The molecule has 0 radical (unpaired) electrons. The van der Waals surface area contributed by atoms with Gasteiger partial charge in [0.2, 0.25) is 0 Å². The van der Waals surface area contributed by atoms with Gasteiger partial charge in [-0.1, -0.05) is 57.2 Å². The molecule has 7 heteroatoms. The standard InChI is InChI=1S/C32H35NO6/c1-32(2,3)23-12-9-21(10-13-23)28-27(29(34)22-11-16-25(38-5)26(19-22)39-6)30(35)31(36)33(28)18-17-20-7-14-24(37-4)15-8-20/h7-16,19,28,34H,17-18H2,1-6H3/b29-27-. The van der Waals surface area contributed by atoms with Gasteiger partial charge in [-0.15, -0.1) is 0 Å². The van der Waals surface area contributed by atoms with Crippen LogP contribution in [0.5, 0.6) is 17.2 Å². The van der Waals surface area contributed by atoms with Crippen LogP contribution >= 0.6 is 0 Å². The van der Waals surface area contributed by atoms with E-state index in [1.54, 1.807) is 30.2 Å². The Hall–Kier alpha value is -4.26. The molecule has 4 rings (SSSR count). The molecule has 204 valence electrons. The van der Waals surface area contributed by atoms with Gasteiger partial charge in [0.1, 0.15) is 11.5 Å². The number of aliphatic hydroxyl groups is 1. The van der Waals surface area contributed by atoms with Crippen molar-refractivity contribution < 1.29 is 28.9 Å². The van der Waals surface area contributed by atoms with Gasteiger partial charge in [0, 0.05) is 12.1 Å². The summed E-state index contributed by atoms with van der Waals surface area (Å²) in [7, 11) is 4.63. The smallest absolute Gasteiger partial charge is 0.295 e. The lowest BCUT2D eigenvalue weighted by Gasteiger charge is -2.26. The van der Waals surface area contributed by atoms with Crippen molar-refractivity contribution in [3.63, 3.8) is 0 Å². The van der Waals surface area contributed by atoms with Crippen molar-refractivity contribution in [3.05, 3.63) is 94.6 Å². The van der Waals surface area contributed by atoms with Crippen LogP contribution in [0.15, 0.2) is 72.3 Å². The lowest BCUT2D eigenvalue weighted by atomic mass is 9.85. The Balaban J connectivity index is 1.79. The van der Waals surface area contributed by atoms with Crippen molar-refractivity contribution in [2.45, 2.75) is 38.6 Å². The average molecular weight is 530 g/mol. The number of methoxy groups -OCH3 is 3. The van der Waals surface area contributed by atoms with Crippen molar-refractivity contribution in [2.24, 2.45) is 0 Å². The second kappa shape index (κ2) is 11.2. The summed E-state index contributed by atoms with van der Waals surface area (Å²) in [6.07, 6.45) is 0.532. The summed E-state index contributed by atoms with van der Waals surface area (Å²) in [5, 5.41) is 11.4. The number of hydrogen-bond acceptors (Lipinski definition) is 6. The van der Waals surface area contributed by atoms with E-state index in [0.29, 0.717) is 30.0 Å². The summed E-state index contributed by atoms with van der Waals surface area (Å²) >= 11 is 0. The first-order chi connectivity index (χ1) is 18.6. The number of ether oxygens (including phenoxy) is 3. The van der Waals surface area contributed by atoms with Crippen LogP contribution in [-0.2, 0) is 21.4 Å². The fraction of sp³-hybridized carbons (Fsp3) is 0.312. The molecule has 1 N–H and O–H groups in total. The number of likely N-dealkylation sites (tertiary alicyclic amines) is 1. The maximum atomic E-state index is 13.4. The molecule has 0 saturated carbocycles. The minimum Gasteiger partial charge on any atom is -0.507 e. The highest BCUT2D eigenvalue weighted by atomic mass is 16.5. The maximum absolute atomic E-state index is 13.4. The summed E-state index contributed by atoms with van der Waals surface area (Å²) < 4.78 is 15.9. The van der Waals surface area contributed by atoms with Gasteiger partial charge in [-0.2, -0.15) is 0 Å². The Morgan fingerprint density at radius 1 is 0.846 bits per heavy atom. The minimum atomic E-state index is -0.745. The van der Waals surface area contributed by atoms with Crippen LogP contribution in [0.3, 0.4) is 0 Å². The zero-order chi connectivity index (χ0) is 28.3. The molecule has 39 heavy (non-hydrogen) atoms. The van der Waals surface area contributed by atoms with Crippen molar-refractivity contribution in [1.29, 1.82) is 0 Å². The SMILES string of the molecule is COc1ccc(CCN2C(=O)C(=O)/C(=C(\O)c3ccc(OC)c(OC)c3)C2c2ccc(C(C)(C)C)cc2)cc1. The van der Waals surface area contributed by atoms with Gasteiger partial charge >= 0.3 is 0 Å². The van der Waals surface area contributed by atoms with Crippen LogP contribution in [0.2, 0.25) is 0 Å². The van der Waals surface area contributed by atoms with E-state index in [9.17, 15) is 14.7 Å². The number of rotatable bonds is 8. The van der Waals surface area contributed by atoms with E-state index >= 15 is 0 Å². The number of carbonyl (C=O) groups excluding carboxylic acids is 2. The minimum absolute atomic E-state index is 0.0467. The van der Waals surface area contributed by atoms with Crippen molar-refractivity contribution >= 4 is 17.4 Å². The van der Waals surface area contributed by atoms with Crippen LogP contribution in [0, 0.1) is 0 Å². The fourth-order valence-electron chi connectivity index (χ4n) is 4.80. The number of ketones is 1. The summed E-state index contributed by atoms with van der Waals surface area (Å²) in [5.41, 5.74) is 3.22. The lowest BCUT2D eigenvalue weighted by Crippen LogP contribution is -2.31. The summed E-state index contributed by atoms with van der Waals surface area (Å²) in [6, 6.07) is 19.6. The molecule has 0 aromatic heterocycles. The Morgan fingerprint density at radius 3 is 2.05 bits per heavy atom. The molecule has 1 amide bonds.